The van der Waals surface area contributed by atoms with Crippen LogP contribution in [0.15, 0.2) is 72.8 Å². The van der Waals surface area contributed by atoms with Crippen molar-refractivity contribution in [3.8, 4) is 11.5 Å². The first-order valence-electron chi connectivity index (χ1n) is 9.36. The molecule has 6 nitrogen and oxygen atoms in total. The van der Waals surface area contributed by atoms with Crippen LogP contribution in [-0.2, 0) is 4.79 Å². The summed E-state index contributed by atoms with van der Waals surface area (Å²) in [5.74, 6) is 0.511. The first-order valence-corrected chi connectivity index (χ1v) is 9.74. The Hall–Kier alpha value is -3.51. The predicted molar refractivity (Wildman–Crippen MR) is 118 cm³/mol. The number of amides is 2. The molecule has 0 unspecified atom stereocenters. The van der Waals surface area contributed by atoms with Gasteiger partial charge in [-0.25, -0.2) is 0 Å². The minimum Gasteiger partial charge on any atom is -0.492 e. The highest BCUT2D eigenvalue weighted by atomic mass is 35.5. The molecule has 0 radical (unpaired) electrons. The normalized spacial score (nSPS) is 10.2. The maximum atomic E-state index is 12.3. The van der Waals surface area contributed by atoms with Crippen LogP contribution in [-0.4, -0.2) is 25.0 Å². The lowest BCUT2D eigenvalue weighted by Gasteiger charge is -2.12. The minimum atomic E-state index is -0.313. The van der Waals surface area contributed by atoms with Crippen LogP contribution < -0.4 is 20.1 Å². The third kappa shape index (κ3) is 5.99. The average Bonchev–Trinajstić information content (AvgIpc) is 2.76. The van der Waals surface area contributed by atoms with Gasteiger partial charge >= 0.3 is 0 Å². The molecule has 154 valence electrons. The Morgan fingerprint density at radius 1 is 0.867 bits per heavy atom. The van der Waals surface area contributed by atoms with E-state index in [9.17, 15) is 9.59 Å². The van der Waals surface area contributed by atoms with Crippen molar-refractivity contribution >= 4 is 34.8 Å². The molecule has 0 aromatic heterocycles. The van der Waals surface area contributed by atoms with Gasteiger partial charge in [0.15, 0.2) is 6.61 Å². The maximum absolute atomic E-state index is 12.3. The van der Waals surface area contributed by atoms with E-state index in [0.29, 0.717) is 40.1 Å². The lowest BCUT2D eigenvalue weighted by molar-refractivity contribution is -0.118. The fourth-order valence-corrected chi connectivity index (χ4v) is 2.75. The van der Waals surface area contributed by atoms with E-state index in [-0.39, 0.29) is 18.4 Å². The lowest BCUT2D eigenvalue weighted by Crippen LogP contribution is -2.20. The summed E-state index contributed by atoms with van der Waals surface area (Å²) < 4.78 is 11.0. The standard InChI is InChI=1S/C23H21ClN2O4/c1-2-29-21-6-4-3-5-20(21)26-22(27)15-30-19-13-7-16(8-14-19)23(28)25-18-11-9-17(24)10-12-18/h3-14H,2,15H2,1H3,(H,25,28)(H,26,27). The largest absolute Gasteiger partial charge is 0.492 e. The van der Waals surface area contributed by atoms with Gasteiger partial charge < -0.3 is 20.1 Å². The third-order valence-electron chi connectivity index (χ3n) is 4.05. The van der Waals surface area contributed by atoms with Crippen LogP contribution in [0.1, 0.15) is 17.3 Å². The predicted octanol–water partition coefficient (Wildman–Crippen LogP) is 5.01. The molecule has 0 atom stereocenters. The zero-order valence-corrected chi connectivity index (χ0v) is 17.1. The molecule has 0 spiro atoms. The number of rotatable bonds is 8. The van der Waals surface area contributed by atoms with Gasteiger partial charge in [0.2, 0.25) is 0 Å². The number of ether oxygens (including phenoxy) is 2. The van der Waals surface area contributed by atoms with Crippen molar-refractivity contribution in [2.24, 2.45) is 0 Å². The summed E-state index contributed by atoms with van der Waals surface area (Å²) in [6.07, 6.45) is 0. The molecule has 2 N–H and O–H groups in total. The van der Waals surface area contributed by atoms with Gasteiger partial charge in [0.05, 0.1) is 12.3 Å². The molecule has 2 amide bonds. The van der Waals surface area contributed by atoms with Crippen LogP contribution in [0.25, 0.3) is 0 Å². The smallest absolute Gasteiger partial charge is 0.262 e. The summed E-state index contributed by atoms with van der Waals surface area (Å²) in [5.41, 5.74) is 1.70. The minimum absolute atomic E-state index is 0.170. The molecular weight excluding hydrogens is 404 g/mol. The SMILES string of the molecule is CCOc1ccccc1NC(=O)COc1ccc(C(=O)Nc2ccc(Cl)cc2)cc1. The summed E-state index contributed by atoms with van der Waals surface area (Å²) in [4.78, 5) is 24.5. The van der Waals surface area contributed by atoms with Crippen LogP contribution in [0.2, 0.25) is 5.02 Å². The van der Waals surface area contributed by atoms with E-state index in [2.05, 4.69) is 10.6 Å². The molecule has 0 aliphatic carbocycles. The molecule has 0 fully saturated rings. The average molecular weight is 425 g/mol. The van der Waals surface area contributed by atoms with Gasteiger partial charge in [-0.1, -0.05) is 23.7 Å². The van der Waals surface area contributed by atoms with Crippen molar-refractivity contribution in [1.82, 2.24) is 0 Å². The molecule has 0 saturated heterocycles. The highest BCUT2D eigenvalue weighted by molar-refractivity contribution is 6.30. The van der Waals surface area contributed by atoms with E-state index in [0.717, 1.165) is 0 Å². The zero-order chi connectivity index (χ0) is 21.3. The van der Waals surface area contributed by atoms with E-state index < -0.39 is 0 Å². The fraction of sp³-hybridized carbons (Fsp3) is 0.130. The Labute approximate surface area is 179 Å². The molecule has 3 rings (SSSR count). The van der Waals surface area contributed by atoms with Gasteiger partial charge in [-0.2, -0.15) is 0 Å². The highest BCUT2D eigenvalue weighted by Gasteiger charge is 2.10. The molecule has 0 aliphatic rings. The van der Waals surface area contributed by atoms with Crippen molar-refractivity contribution in [3.63, 3.8) is 0 Å². The number of halogens is 1. The van der Waals surface area contributed by atoms with Gasteiger partial charge in [-0.15, -0.1) is 0 Å². The van der Waals surface area contributed by atoms with Crippen LogP contribution in [0.4, 0.5) is 11.4 Å². The fourth-order valence-electron chi connectivity index (χ4n) is 2.63. The summed E-state index contributed by atoms with van der Waals surface area (Å²) in [5, 5.41) is 6.14. The van der Waals surface area contributed by atoms with E-state index in [1.807, 2.05) is 19.1 Å². The molecule has 0 bridgehead atoms. The molecular formula is C23H21ClN2O4. The van der Waals surface area contributed by atoms with Crippen molar-refractivity contribution < 1.29 is 19.1 Å². The maximum Gasteiger partial charge on any atom is 0.262 e. The van der Waals surface area contributed by atoms with Crippen molar-refractivity contribution in [3.05, 3.63) is 83.4 Å². The Balaban J connectivity index is 1.52. The van der Waals surface area contributed by atoms with Crippen LogP contribution >= 0.6 is 11.6 Å². The first-order chi connectivity index (χ1) is 14.5. The Kier molecular flexibility index (Phi) is 7.29. The molecule has 0 saturated carbocycles. The highest BCUT2D eigenvalue weighted by Crippen LogP contribution is 2.23. The molecule has 7 heteroatoms. The van der Waals surface area contributed by atoms with Gasteiger partial charge in [-0.3, -0.25) is 9.59 Å². The number of hydrogen-bond donors (Lipinski definition) is 2. The summed E-state index contributed by atoms with van der Waals surface area (Å²) in [6.45, 7) is 2.21. The van der Waals surface area contributed by atoms with Crippen molar-refractivity contribution in [2.45, 2.75) is 6.92 Å². The number of carbonyl (C=O) groups excluding carboxylic acids is 2. The Morgan fingerprint density at radius 2 is 1.57 bits per heavy atom. The van der Waals surface area contributed by atoms with Crippen LogP contribution in [0.3, 0.4) is 0 Å². The monoisotopic (exact) mass is 424 g/mol. The molecule has 3 aromatic carbocycles. The molecule has 0 heterocycles. The molecule has 0 aliphatic heterocycles. The second-order valence-corrected chi connectivity index (χ2v) is 6.69. The Morgan fingerprint density at radius 3 is 2.27 bits per heavy atom. The van der Waals surface area contributed by atoms with Gasteiger partial charge in [0, 0.05) is 16.3 Å². The van der Waals surface area contributed by atoms with E-state index >= 15 is 0 Å². The van der Waals surface area contributed by atoms with Crippen LogP contribution in [0, 0.1) is 0 Å². The number of carbonyl (C=O) groups is 2. The number of hydrogen-bond acceptors (Lipinski definition) is 4. The van der Waals surface area contributed by atoms with Crippen molar-refractivity contribution in [1.29, 1.82) is 0 Å². The quantitative estimate of drug-likeness (QED) is 0.533. The number of para-hydroxylation sites is 2. The van der Waals surface area contributed by atoms with Gasteiger partial charge in [-0.05, 0) is 67.6 Å². The number of anilines is 2. The summed E-state index contributed by atoms with van der Waals surface area (Å²) in [7, 11) is 0. The summed E-state index contributed by atoms with van der Waals surface area (Å²) in [6, 6.07) is 20.6. The van der Waals surface area contributed by atoms with Gasteiger partial charge in [0.25, 0.3) is 11.8 Å². The number of nitrogens with one attached hydrogen (secondary N) is 2. The Bertz CT molecular complexity index is 1000. The second-order valence-electron chi connectivity index (χ2n) is 6.25. The van der Waals surface area contributed by atoms with E-state index in [4.69, 9.17) is 21.1 Å². The van der Waals surface area contributed by atoms with Crippen molar-refractivity contribution in [2.75, 3.05) is 23.8 Å². The topological polar surface area (TPSA) is 76.7 Å². The molecule has 3 aromatic rings. The van der Waals surface area contributed by atoms with E-state index in [1.54, 1.807) is 60.7 Å². The van der Waals surface area contributed by atoms with Gasteiger partial charge in [0.1, 0.15) is 11.5 Å². The zero-order valence-electron chi connectivity index (χ0n) is 16.4. The lowest BCUT2D eigenvalue weighted by atomic mass is 10.2. The molecule has 30 heavy (non-hydrogen) atoms. The third-order valence-corrected chi connectivity index (χ3v) is 4.30. The first kappa shape index (κ1) is 21.2. The second kappa shape index (κ2) is 10.3. The summed E-state index contributed by atoms with van der Waals surface area (Å²) >= 11 is 5.84. The van der Waals surface area contributed by atoms with Crippen LogP contribution in [0.5, 0.6) is 11.5 Å². The number of benzene rings is 3. The van der Waals surface area contributed by atoms with E-state index in [1.165, 1.54) is 0 Å².